The Labute approximate surface area is 94.3 Å². The lowest BCUT2D eigenvalue weighted by Gasteiger charge is -2.00. The molecule has 2 aromatic rings. The number of nitrogens with zero attached hydrogens (tertiary/aromatic N) is 1. The van der Waals surface area contributed by atoms with E-state index in [1.165, 1.54) is 6.07 Å². The van der Waals surface area contributed by atoms with Gasteiger partial charge >= 0.3 is 0 Å². The van der Waals surface area contributed by atoms with E-state index in [9.17, 15) is 4.39 Å². The second-order valence-electron chi connectivity index (χ2n) is 3.55. The molecule has 1 nitrogen and oxygen atoms in total. The highest BCUT2D eigenvalue weighted by Crippen LogP contribution is 2.18. The molecule has 0 spiro atoms. The maximum absolute atomic E-state index is 13.5. The molecule has 2 rings (SSSR count). The van der Waals surface area contributed by atoms with Crippen LogP contribution in [0.5, 0.6) is 0 Å². The lowest BCUT2D eigenvalue weighted by Crippen LogP contribution is -1.87. The largest absolute Gasteiger partial charge is 0.255 e. The number of hydrogen-bond donors (Lipinski definition) is 0. The van der Waals surface area contributed by atoms with Gasteiger partial charge in [-0.3, -0.25) is 4.98 Å². The highest BCUT2D eigenvalue weighted by molar-refractivity contribution is 5.84. The first-order valence-electron chi connectivity index (χ1n) is 5.35. The number of pyridine rings is 1. The summed E-state index contributed by atoms with van der Waals surface area (Å²) in [5.74, 6) is 5.84. The van der Waals surface area contributed by atoms with Crippen LogP contribution in [0.25, 0.3) is 10.9 Å². The molecular formula is C14H12FN. The van der Waals surface area contributed by atoms with Crippen molar-refractivity contribution in [3.63, 3.8) is 0 Å². The summed E-state index contributed by atoms with van der Waals surface area (Å²) < 4.78 is 13.5. The van der Waals surface area contributed by atoms with Crippen LogP contribution in [0.1, 0.15) is 25.3 Å². The van der Waals surface area contributed by atoms with Gasteiger partial charge in [0.25, 0.3) is 0 Å². The van der Waals surface area contributed by atoms with Crippen LogP contribution in [0.2, 0.25) is 0 Å². The number of fused-ring (bicyclic) bond motifs is 1. The highest BCUT2D eigenvalue weighted by atomic mass is 19.1. The first-order chi connectivity index (χ1) is 7.83. The molecule has 0 unspecified atom stereocenters. The molecule has 0 bridgehead atoms. The summed E-state index contributed by atoms with van der Waals surface area (Å²) in [5.41, 5.74) is 1.44. The molecule has 1 heterocycles. The van der Waals surface area contributed by atoms with Crippen molar-refractivity contribution in [2.24, 2.45) is 0 Å². The van der Waals surface area contributed by atoms with Crippen LogP contribution >= 0.6 is 0 Å². The quantitative estimate of drug-likeness (QED) is 0.660. The number of aromatic nitrogens is 1. The van der Waals surface area contributed by atoms with Gasteiger partial charge in [-0.1, -0.05) is 18.8 Å². The summed E-state index contributed by atoms with van der Waals surface area (Å²) in [6, 6.07) is 6.59. The minimum absolute atomic E-state index is 0.246. The first kappa shape index (κ1) is 10.6. The minimum atomic E-state index is -0.246. The van der Waals surface area contributed by atoms with Gasteiger partial charge < -0.3 is 0 Å². The number of hydrogen-bond acceptors (Lipinski definition) is 1. The van der Waals surface area contributed by atoms with Crippen molar-refractivity contribution < 1.29 is 4.39 Å². The van der Waals surface area contributed by atoms with E-state index >= 15 is 0 Å². The predicted octanol–water partition coefficient (Wildman–Crippen LogP) is 3.53. The highest BCUT2D eigenvalue weighted by Gasteiger charge is 2.03. The molecule has 1 aromatic carbocycles. The van der Waals surface area contributed by atoms with Crippen molar-refractivity contribution in [2.45, 2.75) is 19.8 Å². The Kier molecular flexibility index (Phi) is 3.16. The summed E-state index contributed by atoms with van der Waals surface area (Å²) in [6.07, 6.45) is 3.54. The van der Waals surface area contributed by atoms with E-state index < -0.39 is 0 Å². The summed E-state index contributed by atoms with van der Waals surface area (Å²) in [6.45, 7) is 2.08. The Morgan fingerprint density at radius 1 is 1.31 bits per heavy atom. The normalized spacial score (nSPS) is 9.88. The summed E-state index contributed by atoms with van der Waals surface area (Å²) in [4.78, 5) is 4.18. The van der Waals surface area contributed by atoms with Gasteiger partial charge in [-0.25, -0.2) is 4.39 Å². The molecular weight excluding hydrogens is 201 g/mol. The second kappa shape index (κ2) is 4.76. The SMILES string of the molecule is CCCC#Cc1ccc(F)c2cccnc12. The first-order valence-corrected chi connectivity index (χ1v) is 5.35. The van der Waals surface area contributed by atoms with Crippen molar-refractivity contribution in [3.8, 4) is 11.8 Å². The molecule has 1 aromatic heterocycles. The fraction of sp³-hybridized carbons (Fsp3) is 0.214. The van der Waals surface area contributed by atoms with Gasteiger partial charge in [-0.2, -0.15) is 0 Å². The Morgan fingerprint density at radius 2 is 2.19 bits per heavy atom. The zero-order valence-corrected chi connectivity index (χ0v) is 9.13. The molecule has 0 saturated carbocycles. The third-order valence-corrected chi connectivity index (χ3v) is 2.31. The lowest BCUT2D eigenvalue weighted by atomic mass is 10.1. The van der Waals surface area contributed by atoms with Gasteiger partial charge in [0.1, 0.15) is 5.82 Å². The summed E-state index contributed by atoms with van der Waals surface area (Å²) in [5, 5.41) is 0.533. The number of benzene rings is 1. The molecule has 0 atom stereocenters. The van der Waals surface area contributed by atoms with Crippen LogP contribution in [0.3, 0.4) is 0 Å². The van der Waals surface area contributed by atoms with E-state index in [1.807, 2.05) is 0 Å². The molecule has 2 heteroatoms. The molecule has 0 aliphatic carbocycles. The Balaban J connectivity index is 2.56. The number of unbranched alkanes of at least 4 members (excludes halogenated alkanes) is 1. The van der Waals surface area contributed by atoms with Crippen LogP contribution in [0.4, 0.5) is 4.39 Å². The average Bonchev–Trinajstić information content (AvgIpc) is 2.33. The summed E-state index contributed by atoms with van der Waals surface area (Å²) in [7, 11) is 0. The van der Waals surface area contributed by atoms with Crippen LogP contribution < -0.4 is 0 Å². The topological polar surface area (TPSA) is 12.9 Å². The molecule has 0 N–H and O–H groups in total. The molecule has 0 amide bonds. The lowest BCUT2D eigenvalue weighted by molar-refractivity contribution is 0.639. The Morgan fingerprint density at radius 3 is 3.00 bits per heavy atom. The fourth-order valence-corrected chi connectivity index (χ4v) is 1.52. The molecule has 0 aliphatic heterocycles. The van der Waals surface area contributed by atoms with E-state index in [0.717, 1.165) is 18.4 Å². The molecule has 16 heavy (non-hydrogen) atoms. The van der Waals surface area contributed by atoms with Crippen molar-refractivity contribution in [1.29, 1.82) is 0 Å². The third-order valence-electron chi connectivity index (χ3n) is 2.31. The standard InChI is InChI=1S/C14H12FN/c1-2-3-4-6-11-8-9-13(15)12-7-5-10-16-14(11)12/h5,7-10H,2-3H2,1H3. The van der Waals surface area contributed by atoms with E-state index in [4.69, 9.17) is 0 Å². The van der Waals surface area contributed by atoms with Crippen LogP contribution in [-0.2, 0) is 0 Å². The van der Waals surface area contributed by atoms with Crippen LogP contribution in [0.15, 0.2) is 30.5 Å². The van der Waals surface area contributed by atoms with E-state index in [-0.39, 0.29) is 5.82 Å². The van der Waals surface area contributed by atoms with Crippen LogP contribution in [0, 0.1) is 17.7 Å². The van der Waals surface area contributed by atoms with Gasteiger partial charge in [-0.15, -0.1) is 0 Å². The monoisotopic (exact) mass is 213 g/mol. The van der Waals surface area contributed by atoms with Crippen molar-refractivity contribution in [3.05, 3.63) is 41.8 Å². The van der Waals surface area contributed by atoms with E-state index in [1.54, 1.807) is 24.4 Å². The third kappa shape index (κ3) is 2.04. The van der Waals surface area contributed by atoms with Gasteiger partial charge in [0.15, 0.2) is 0 Å². The minimum Gasteiger partial charge on any atom is -0.255 e. The molecule has 0 aliphatic rings. The van der Waals surface area contributed by atoms with Gasteiger partial charge in [0.2, 0.25) is 0 Å². The van der Waals surface area contributed by atoms with E-state index in [2.05, 4.69) is 23.7 Å². The number of halogens is 1. The van der Waals surface area contributed by atoms with Crippen molar-refractivity contribution in [2.75, 3.05) is 0 Å². The van der Waals surface area contributed by atoms with Crippen LogP contribution in [-0.4, -0.2) is 4.98 Å². The number of rotatable bonds is 1. The van der Waals surface area contributed by atoms with Crippen molar-refractivity contribution >= 4 is 10.9 Å². The summed E-state index contributed by atoms with van der Waals surface area (Å²) >= 11 is 0. The predicted molar refractivity (Wildman–Crippen MR) is 63.5 cm³/mol. The van der Waals surface area contributed by atoms with Gasteiger partial charge in [0.05, 0.1) is 11.1 Å². The smallest absolute Gasteiger partial charge is 0.132 e. The molecule has 0 fully saturated rings. The molecule has 80 valence electrons. The fourth-order valence-electron chi connectivity index (χ4n) is 1.52. The molecule has 0 radical (unpaired) electrons. The second-order valence-corrected chi connectivity index (χ2v) is 3.55. The van der Waals surface area contributed by atoms with Gasteiger partial charge in [0, 0.05) is 18.0 Å². The zero-order valence-electron chi connectivity index (χ0n) is 9.13. The Bertz CT molecular complexity index is 564. The van der Waals surface area contributed by atoms with Crippen molar-refractivity contribution in [1.82, 2.24) is 4.98 Å². The molecule has 0 saturated heterocycles. The van der Waals surface area contributed by atoms with Gasteiger partial charge in [-0.05, 0) is 30.7 Å². The average molecular weight is 213 g/mol. The maximum Gasteiger partial charge on any atom is 0.132 e. The zero-order chi connectivity index (χ0) is 11.4. The van der Waals surface area contributed by atoms with E-state index in [0.29, 0.717) is 10.9 Å². The maximum atomic E-state index is 13.5. The Hall–Kier alpha value is -1.88.